The maximum absolute atomic E-state index is 11.1. The third kappa shape index (κ3) is 2.78. The Balaban J connectivity index is 2.00. The number of rotatable bonds is 3. The van der Waals surface area contributed by atoms with Crippen LogP contribution in [0.25, 0.3) is 0 Å². The van der Waals surface area contributed by atoms with E-state index in [1.807, 2.05) is 0 Å². The highest BCUT2D eigenvalue weighted by atomic mass is 32.2. The topological polar surface area (TPSA) is 102 Å². The van der Waals surface area contributed by atoms with Crippen molar-refractivity contribution in [1.82, 2.24) is 10.2 Å². The minimum absolute atomic E-state index is 0.129. The average molecular weight is 257 g/mol. The fourth-order valence-electron chi connectivity index (χ4n) is 2.02. The zero-order valence-electron chi connectivity index (χ0n) is 9.55. The van der Waals surface area contributed by atoms with E-state index in [1.54, 1.807) is 6.92 Å². The normalized spacial score (nSPS) is 29.2. The quantitative estimate of drug-likeness (QED) is 0.838. The van der Waals surface area contributed by atoms with E-state index in [0.29, 0.717) is 24.0 Å². The molecular formula is C10H15N3O3S. The third-order valence-electron chi connectivity index (χ3n) is 2.94. The second kappa shape index (κ2) is 4.66. The molecule has 0 amide bonds. The van der Waals surface area contributed by atoms with Gasteiger partial charge in [-0.25, -0.2) is 0 Å². The van der Waals surface area contributed by atoms with Gasteiger partial charge in [-0.1, -0.05) is 11.8 Å². The lowest BCUT2D eigenvalue weighted by atomic mass is 9.82. The number of aliphatic carboxylic acids is 1. The lowest BCUT2D eigenvalue weighted by Crippen LogP contribution is -2.51. The van der Waals surface area contributed by atoms with Crippen molar-refractivity contribution in [2.45, 2.75) is 48.6 Å². The number of nitrogens with zero attached hydrogens (tertiary/aromatic N) is 2. The first-order chi connectivity index (χ1) is 7.99. The summed E-state index contributed by atoms with van der Waals surface area (Å²) in [6.07, 6.45) is 2.71. The number of hydrogen-bond donors (Lipinski definition) is 2. The molecule has 94 valence electrons. The van der Waals surface area contributed by atoms with Crippen molar-refractivity contribution in [2.24, 2.45) is 5.73 Å². The van der Waals surface area contributed by atoms with Crippen LogP contribution in [0.5, 0.6) is 0 Å². The first-order valence-electron chi connectivity index (χ1n) is 5.49. The number of carbonyl (C=O) groups is 1. The molecular weight excluding hydrogens is 242 g/mol. The SMILES string of the molecule is Cc1nnc(SC2CCCC(N)(C(=O)O)C2)o1. The number of carboxylic acids is 1. The number of carboxylic acid groups (broad SMARTS) is 1. The maximum Gasteiger partial charge on any atom is 0.323 e. The summed E-state index contributed by atoms with van der Waals surface area (Å²) in [6.45, 7) is 1.72. The second-order valence-electron chi connectivity index (χ2n) is 4.38. The first kappa shape index (κ1) is 12.4. The van der Waals surface area contributed by atoms with Crippen molar-refractivity contribution in [1.29, 1.82) is 0 Å². The molecule has 7 heteroatoms. The van der Waals surface area contributed by atoms with Crippen LogP contribution in [0, 0.1) is 6.92 Å². The Kier molecular flexibility index (Phi) is 3.39. The molecule has 1 aliphatic carbocycles. The highest BCUT2D eigenvalue weighted by Gasteiger charge is 2.40. The van der Waals surface area contributed by atoms with E-state index >= 15 is 0 Å². The molecule has 0 saturated heterocycles. The molecule has 0 aromatic carbocycles. The Morgan fingerprint density at radius 2 is 2.41 bits per heavy atom. The average Bonchev–Trinajstić information content (AvgIpc) is 2.64. The van der Waals surface area contributed by atoms with Crippen LogP contribution in [-0.4, -0.2) is 32.1 Å². The molecule has 1 heterocycles. The van der Waals surface area contributed by atoms with Gasteiger partial charge in [0.2, 0.25) is 5.89 Å². The van der Waals surface area contributed by atoms with Gasteiger partial charge in [-0.15, -0.1) is 10.2 Å². The second-order valence-corrected chi connectivity index (χ2v) is 5.64. The zero-order valence-corrected chi connectivity index (χ0v) is 10.4. The smallest absolute Gasteiger partial charge is 0.323 e. The highest BCUT2D eigenvalue weighted by molar-refractivity contribution is 7.99. The predicted octanol–water partition coefficient (Wildman–Crippen LogP) is 1.19. The van der Waals surface area contributed by atoms with Crippen LogP contribution in [0.15, 0.2) is 9.64 Å². The van der Waals surface area contributed by atoms with Gasteiger partial charge in [-0.05, 0) is 25.7 Å². The fourth-order valence-corrected chi connectivity index (χ4v) is 3.23. The van der Waals surface area contributed by atoms with E-state index in [4.69, 9.17) is 15.3 Å². The van der Waals surface area contributed by atoms with E-state index in [0.717, 1.165) is 12.8 Å². The molecule has 1 aliphatic rings. The van der Waals surface area contributed by atoms with Crippen molar-refractivity contribution in [3.05, 3.63) is 5.89 Å². The molecule has 1 aromatic heterocycles. The summed E-state index contributed by atoms with van der Waals surface area (Å²) in [4.78, 5) is 11.1. The summed E-state index contributed by atoms with van der Waals surface area (Å²) in [5, 5.41) is 17.3. The van der Waals surface area contributed by atoms with Gasteiger partial charge < -0.3 is 15.3 Å². The lowest BCUT2D eigenvalue weighted by Gasteiger charge is -2.33. The number of aromatic nitrogens is 2. The van der Waals surface area contributed by atoms with Crippen LogP contribution in [-0.2, 0) is 4.79 Å². The summed E-state index contributed by atoms with van der Waals surface area (Å²) >= 11 is 1.42. The summed E-state index contributed by atoms with van der Waals surface area (Å²) < 4.78 is 5.27. The molecule has 6 nitrogen and oxygen atoms in total. The Bertz CT molecular complexity index is 423. The van der Waals surface area contributed by atoms with Crippen molar-refractivity contribution in [3.8, 4) is 0 Å². The Labute approximate surface area is 103 Å². The van der Waals surface area contributed by atoms with Gasteiger partial charge in [-0.2, -0.15) is 0 Å². The maximum atomic E-state index is 11.1. The molecule has 2 rings (SSSR count). The van der Waals surface area contributed by atoms with Crippen LogP contribution in [0.2, 0.25) is 0 Å². The molecule has 0 bridgehead atoms. The molecule has 1 saturated carbocycles. The van der Waals surface area contributed by atoms with Crippen LogP contribution in [0.4, 0.5) is 0 Å². The zero-order chi connectivity index (χ0) is 12.5. The monoisotopic (exact) mass is 257 g/mol. The predicted molar refractivity (Wildman–Crippen MR) is 61.7 cm³/mol. The lowest BCUT2D eigenvalue weighted by molar-refractivity contribution is -0.144. The van der Waals surface area contributed by atoms with Gasteiger partial charge in [0.15, 0.2) is 0 Å². The van der Waals surface area contributed by atoms with E-state index in [-0.39, 0.29) is 5.25 Å². The fraction of sp³-hybridized carbons (Fsp3) is 0.700. The molecule has 1 aromatic rings. The molecule has 3 N–H and O–H groups in total. The van der Waals surface area contributed by atoms with Crippen LogP contribution in [0.3, 0.4) is 0 Å². The number of hydrogen-bond acceptors (Lipinski definition) is 6. The number of nitrogens with two attached hydrogens (primary N) is 1. The van der Waals surface area contributed by atoms with Gasteiger partial charge in [0.25, 0.3) is 5.22 Å². The molecule has 1 fully saturated rings. The van der Waals surface area contributed by atoms with E-state index in [1.165, 1.54) is 11.8 Å². The highest BCUT2D eigenvalue weighted by Crippen LogP contribution is 2.36. The minimum Gasteiger partial charge on any atom is -0.480 e. The van der Waals surface area contributed by atoms with E-state index < -0.39 is 11.5 Å². The van der Waals surface area contributed by atoms with Gasteiger partial charge in [0, 0.05) is 12.2 Å². The summed E-state index contributed by atoms with van der Waals surface area (Å²) in [5.74, 6) is -0.412. The summed E-state index contributed by atoms with van der Waals surface area (Å²) in [6, 6.07) is 0. The van der Waals surface area contributed by atoms with Gasteiger partial charge >= 0.3 is 5.97 Å². The summed E-state index contributed by atoms with van der Waals surface area (Å²) in [7, 11) is 0. The van der Waals surface area contributed by atoms with Crippen molar-refractivity contribution < 1.29 is 14.3 Å². The van der Waals surface area contributed by atoms with Crippen LogP contribution in [0.1, 0.15) is 31.6 Å². The number of thioether (sulfide) groups is 1. The largest absolute Gasteiger partial charge is 0.480 e. The van der Waals surface area contributed by atoms with Crippen molar-refractivity contribution in [2.75, 3.05) is 0 Å². The van der Waals surface area contributed by atoms with Crippen molar-refractivity contribution >= 4 is 17.7 Å². The third-order valence-corrected chi connectivity index (χ3v) is 4.04. The Morgan fingerprint density at radius 3 is 3.00 bits per heavy atom. The van der Waals surface area contributed by atoms with E-state index in [9.17, 15) is 4.79 Å². The Hall–Kier alpha value is -1.08. The standard InChI is InChI=1S/C10H15N3O3S/c1-6-12-13-9(16-6)17-7-3-2-4-10(11,5-7)8(14)15/h7H,2-5,11H2,1H3,(H,14,15). The molecule has 17 heavy (non-hydrogen) atoms. The first-order valence-corrected chi connectivity index (χ1v) is 6.36. The minimum atomic E-state index is -1.11. The molecule has 2 atom stereocenters. The molecule has 2 unspecified atom stereocenters. The molecule has 0 aliphatic heterocycles. The van der Waals surface area contributed by atoms with E-state index in [2.05, 4.69) is 10.2 Å². The summed E-state index contributed by atoms with van der Waals surface area (Å²) in [5.41, 5.74) is 4.77. The number of aryl methyl sites for hydroxylation is 1. The van der Waals surface area contributed by atoms with Crippen molar-refractivity contribution in [3.63, 3.8) is 0 Å². The van der Waals surface area contributed by atoms with Gasteiger partial charge in [0.05, 0.1) is 0 Å². The molecule has 0 spiro atoms. The Morgan fingerprint density at radius 1 is 1.65 bits per heavy atom. The molecule has 0 radical (unpaired) electrons. The van der Waals surface area contributed by atoms with Gasteiger partial charge in [-0.3, -0.25) is 4.79 Å². The van der Waals surface area contributed by atoms with Crippen LogP contribution >= 0.6 is 11.8 Å². The van der Waals surface area contributed by atoms with Crippen LogP contribution < -0.4 is 5.73 Å². The van der Waals surface area contributed by atoms with Gasteiger partial charge in [0.1, 0.15) is 5.54 Å².